The van der Waals surface area contributed by atoms with E-state index in [1.807, 2.05) is 30.0 Å². The van der Waals surface area contributed by atoms with Crippen molar-refractivity contribution in [3.63, 3.8) is 0 Å². The van der Waals surface area contributed by atoms with Crippen molar-refractivity contribution in [2.75, 3.05) is 38.1 Å². The lowest BCUT2D eigenvalue weighted by molar-refractivity contribution is -0.138. The number of carbonyl (C=O) groups excluding carboxylic acids is 1. The van der Waals surface area contributed by atoms with Crippen molar-refractivity contribution in [1.82, 2.24) is 25.4 Å². The number of pyridine rings is 1. The standard InChI is InChI=1S/C27H27F3N6O2/c1-17-23-12-20(14-32-26(23)35-34-17)18-3-6-22(7-4-18)38-16-25(37)33-21-5-2-19(24(13-21)27(28,29)30)15-36-10-8-31-9-11-36/h2-7,12-14,31H,8-11,15-16H2,1H3,(H,33,37)(H,32,34,35). The van der Waals surface area contributed by atoms with Crippen molar-refractivity contribution in [2.45, 2.75) is 19.6 Å². The highest BCUT2D eigenvalue weighted by Gasteiger charge is 2.34. The molecule has 0 radical (unpaired) electrons. The minimum absolute atomic E-state index is 0.0720. The maximum atomic E-state index is 13.7. The van der Waals surface area contributed by atoms with E-state index in [1.165, 1.54) is 12.1 Å². The zero-order valence-electron chi connectivity index (χ0n) is 20.7. The van der Waals surface area contributed by atoms with Gasteiger partial charge in [0.2, 0.25) is 0 Å². The molecule has 4 aromatic rings. The number of rotatable bonds is 7. The molecule has 198 valence electrons. The van der Waals surface area contributed by atoms with E-state index in [0.29, 0.717) is 24.5 Å². The van der Waals surface area contributed by atoms with Crippen LogP contribution in [0.15, 0.2) is 54.7 Å². The number of alkyl halides is 3. The fraction of sp³-hybridized carbons (Fsp3) is 0.296. The van der Waals surface area contributed by atoms with Gasteiger partial charge in [0.05, 0.1) is 11.3 Å². The molecule has 1 fully saturated rings. The Balaban J connectivity index is 1.20. The van der Waals surface area contributed by atoms with Crippen LogP contribution < -0.4 is 15.4 Å². The van der Waals surface area contributed by atoms with Crippen LogP contribution in [0.5, 0.6) is 5.75 Å². The van der Waals surface area contributed by atoms with Crippen molar-refractivity contribution >= 4 is 22.6 Å². The maximum Gasteiger partial charge on any atom is 0.416 e. The summed E-state index contributed by atoms with van der Waals surface area (Å²) in [4.78, 5) is 18.8. The highest BCUT2D eigenvalue weighted by atomic mass is 19.4. The first kappa shape index (κ1) is 25.7. The van der Waals surface area contributed by atoms with Gasteiger partial charge in [-0.05, 0) is 48.4 Å². The van der Waals surface area contributed by atoms with E-state index in [-0.39, 0.29) is 24.4 Å². The highest BCUT2D eigenvalue weighted by Crippen LogP contribution is 2.34. The molecule has 3 N–H and O–H groups in total. The van der Waals surface area contributed by atoms with Gasteiger partial charge in [-0.25, -0.2) is 4.98 Å². The van der Waals surface area contributed by atoms with Gasteiger partial charge in [-0.1, -0.05) is 18.2 Å². The molecule has 1 saturated heterocycles. The number of benzene rings is 2. The number of aromatic amines is 1. The minimum Gasteiger partial charge on any atom is -0.484 e. The Kier molecular flexibility index (Phi) is 7.30. The van der Waals surface area contributed by atoms with Crippen LogP contribution in [-0.2, 0) is 17.5 Å². The number of aryl methyl sites for hydroxylation is 1. The monoisotopic (exact) mass is 524 g/mol. The van der Waals surface area contributed by atoms with Crippen molar-refractivity contribution in [3.05, 3.63) is 71.5 Å². The van der Waals surface area contributed by atoms with Crippen LogP contribution in [0.3, 0.4) is 0 Å². The van der Waals surface area contributed by atoms with Crippen LogP contribution in [0.25, 0.3) is 22.2 Å². The number of aromatic nitrogens is 3. The molecule has 38 heavy (non-hydrogen) atoms. The van der Waals surface area contributed by atoms with Gasteiger partial charge in [-0.3, -0.25) is 14.8 Å². The van der Waals surface area contributed by atoms with Gasteiger partial charge >= 0.3 is 6.18 Å². The number of nitrogens with zero attached hydrogens (tertiary/aromatic N) is 3. The van der Waals surface area contributed by atoms with E-state index in [1.54, 1.807) is 18.3 Å². The number of hydrogen-bond donors (Lipinski definition) is 3. The summed E-state index contributed by atoms with van der Waals surface area (Å²) in [5.74, 6) is -0.0954. The number of fused-ring (bicyclic) bond motifs is 1. The summed E-state index contributed by atoms with van der Waals surface area (Å²) in [6.45, 7) is 4.62. The number of nitrogens with one attached hydrogen (secondary N) is 3. The second kappa shape index (κ2) is 10.8. The summed E-state index contributed by atoms with van der Waals surface area (Å²) in [6.07, 6.45) is -2.79. The van der Waals surface area contributed by atoms with Crippen LogP contribution in [0.4, 0.5) is 18.9 Å². The number of halogens is 3. The summed E-state index contributed by atoms with van der Waals surface area (Å²) in [6, 6.07) is 13.0. The third kappa shape index (κ3) is 5.95. The number of ether oxygens (including phenoxy) is 1. The van der Waals surface area contributed by atoms with E-state index >= 15 is 0 Å². The first-order valence-corrected chi connectivity index (χ1v) is 12.2. The molecule has 1 amide bonds. The third-order valence-electron chi connectivity index (χ3n) is 6.47. The lowest BCUT2D eigenvalue weighted by Crippen LogP contribution is -2.43. The van der Waals surface area contributed by atoms with Gasteiger partial charge < -0.3 is 15.4 Å². The predicted octanol–water partition coefficient (Wildman–Crippen LogP) is 4.37. The van der Waals surface area contributed by atoms with Crippen molar-refractivity contribution in [3.8, 4) is 16.9 Å². The van der Waals surface area contributed by atoms with Crippen LogP contribution in [0.2, 0.25) is 0 Å². The summed E-state index contributed by atoms with van der Waals surface area (Å²) in [5, 5.41) is 13.7. The van der Waals surface area contributed by atoms with Crippen LogP contribution >= 0.6 is 0 Å². The van der Waals surface area contributed by atoms with Crippen LogP contribution in [0, 0.1) is 6.92 Å². The second-order valence-electron chi connectivity index (χ2n) is 9.19. The Morgan fingerprint density at radius 2 is 1.84 bits per heavy atom. The van der Waals surface area contributed by atoms with Gasteiger partial charge in [-0.15, -0.1) is 0 Å². The Morgan fingerprint density at radius 1 is 1.08 bits per heavy atom. The zero-order valence-corrected chi connectivity index (χ0v) is 20.7. The first-order valence-electron chi connectivity index (χ1n) is 12.2. The lowest BCUT2D eigenvalue weighted by atomic mass is 10.0. The van der Waals surface area contributed by atoms with Gasteiger partial charge in [0.25, 0.3) is 5.91 Å². The quantitative estimate of drug-likeness (QED) is 0.332. The number of carbonyl (C=O) groups is 1. The SMILES string of the molecule is Cc1n[nH]c2ncc(-c3ccc(OCC(=O)Nc4ccc(CN5CCNCC5)c(C(F)(F)F)c4)cc3)cc12. The molecule has 0 atom stereocenters. The van der Waals surface area contributed by atoms with Crippen molar-refractivity contribution in [1.29, 1.82) is 0 Å². The first-order chi connectivity index (χ1) is 18.3. The van der Waals surface area contributed by atoms with E-state index in [0.717, 1.165) is 41.4 Å². The molecular weight excluding hydrogens is 497 g/mol. The molecule has 8 nitrogen and oxygen atoms in total. The number of piperazine rings is 1. The van der Waals surface area contributed by atoms with Gasteiger partial charge in [0, 0.05) is 55.6 Å². The Morgan fingerprint density at radius 3 is 2.58 bits per heavy atom. The van der Waals surface area contributed by atoms with Crippen molar-refractivity contribution in [2.24, 2.45) is 0 Å². The predicted molar refractivity (Wildman–Crippen MR) is 138 cm³/mol. The Bertz CT molecular complexity index is 1430. The zero-order chi connectivity index (χ0) is 26.7. The third-order valence-corrected chi connectivity index (χ3v) is 6.47. The second-order valence-corrected chi connectivity index (χ2v) is 9.19. The van der Waals surface area contributed by atoms with E-state index in [2.05, 4.69) is 25.8 Å². The molecule has 0 unspecified atom stereocenters. The fourth-order valence-corrected chi connectivity index (χ4v) is 4.44. The largest absolute Gasteiger partial charge is 0.484 e. The average Bonchev–Trinajstić information content (AvgIpc) is 3.28. The smallest absolute Gasteiger partial charge is 0.416 e. The highest BCUT2D eigenvalue weighted by molar-refractivity contribution is 5.92. The fourth-order valence-electron chi connectivity index (χ4n) is 4.44. The molecule has 5 rings (SSSR count). The summed E-state index contributed by atoms with van der Waals surface area (Å²) in [7, 11) is 0. The number of amides is 1. The van der Waals surface area contributed by atoms with Crippen LogP contribution in [-0.4, -0.2) is 58.8 Å². The molecule has 0 saturated carbocycles. The summed E-state index contributed by atoms with van der Waals surface area (Å²) in [5.41, 5.74) is 2.91. The topological polar surface area (TPSA) is 95.2 Å². The number of anilines is 1. The lowest BCUT2D eigenvalue weighted by Gasteiger charge is -2.28. The molecular formula is C27H27F3N6O2. The Hall–Kier alpha value is -3.96. The van der Waals surface area contributed by atoms with E-state index < -0.39 is 17.6 Å². The molecule has 2 aromatic carbocycles. The number of H-pyrrole nitrogens is 1. The molecule has 0 spiro atoms. The molecule has 3 heterocycles. The minimum atomic E-state index is -4.53. The Labute approximate surface area is 217 Å². The molecule has 11 heteroatoms. The van der Waals surface area contributed by atoms with Crippen LogP contribution in [0.1, 0.15) is 16.8 Å². The average molecular weight is 525 g/mol. The number of hydrogen-bond acceptors (Lipinski definition) is 6. The normalized spacial score (nSPS) is 14.5. The van der Waals surface area contributed by atoms with Crippen molar-refractivity contribution < 1.29 is 22.7 Å². The molecule has 0 bridgehead atoms. The molecule has 1 aliphatic rings. The molecule has 1 aliphatic heterocycles. The van der Waals surface area contributed by atoms with E-state index in [9.17, 15) is 18.0 Å². The molecule has 0 aliphatic carbocycles. The summed E-state index contributed by atoms with van der Waals surface area (Å²) < 4.78 is 46.8. The van der Waals surface area contributed by atoms with Gasteiger partial charge in [0.1, 0.15) is 5.75 Å². The summed E-state index contributed by atoms with van der Waals surface area (Å²) >= 11 is 0. The molecule has 2 aromatic heterocycles. The van der Waals surface area contributed by atoms with E-state index in [4.69, 9.17) is 4.74 Å². The maximum absolute atomic E-state index is 13.7. The van der Waals surface area contributed by atoms with Gasteiger partial charge in [0.15, 0.2) is 12.3 Å². The van der Waals surface area contributed by atoms with Gasteiger partial charge in [-0.2, -0.15) is 18.3 Å².